The van der Waals surface area contributed by atoms with Crippen molar-refractivity contribution in [3.05, 3.63) is 57.5 Å². The van der Waals surface area contributed by atoms with Crippen LogP contribution in [0.25, 0.3) is 10.2 Å². The van der Waals surface area contributed by atoms with Crippen LogP contribution in [0.15, 0.2) is 40.5 Å². The van der Waals surface area contributed by atoms with Crippen molar-refractivity contribution in [3.63, 3.8) is 0 Å². The Bertz CT molecular complexity index is 823. The van der Waals surface area contributed by atoms with E-state index in [4.69, 9.17) is 4.74 Å². The fourth-order valence-electron chi connectivity index (χ4n) is 2.35. The molecular weight excluding hydrogens is 298 g/mol. The van der Waals surface area contributed by atoms with Gasteiger partial charge in [-0.1, -0.05) is 12.1 Å². The van der Waals surface area contributed by atoms with Crippen LogP contribution >= 0.6 is 11.3 Å². The van der Waals surface area contributed by atoms with E-state index < -0.39 is 0 Å². The van der Waals surface area contributed by atoms with Gasteiger partial charge in [-0.05, 0) is 36.2 Å². The molecule has 1 aromatic carbocycles. The van der Waals surface area contributed by atoms with Gasteiger partial charge in [0.1, 0.15) is 16.3 Å². The first-order chi connectivity index (χ1) is 10.7. The molecule has 114 valence electrons. The number of fused-ring (bicyclic) bond motifs is 1. The first kappa shape index (κ1) is 14.7. The number of nitrogens with zero attached hydrogens (tertiary/aromatic N) is 2. The molecule has 5 nitrogen and oxygen atoms in total. The molecule has 0 saturated heterocycles. The third kappa shape index (κ3) is 3.18. The highest BCUT2D eigenvalue weighted by molar-refractivity contribution is 7.17. The van der Waals surface area contributed by atoms with Crippen LogP contribution in [0.4, 0.5) is 0 Å². The van der Waals surface area contributed by atoms with Crippen molar-refractivity contribution in [1.82, 2.24) is 14.9 Å². The van der Waals surface area contributed by atoms with Crippen LogP contribution in [0.3, 0.4) is 0 Å². The van der Waals surface area contributed by atoms with Gasteiger partial charge in [0.05, 0.1) is 19.2 Å². The molecule has 1 N–H and O–H groups in total. The molecule has 2 aromatic heterocycles. The third-order valence-electron chi connectivity index (χ3n) is 3.40. The Morgan fingerprint density at radius 3 is 2.73 bits per heavy atom. The minimum Gasteiger partial charge on any atom is -0.497 e. The van der Waals surface area contributed by atoms with E-state index in [0.717, 1.165) is 17.8 Å². The normalized spacial score (nSPS) is 11.2. The Hall–Kier alpha value is -2.18. The van der Waals surface area contributed by atoms with Crippen molar-refractivity contribution in [2.24, 2.45) is 0 Å². The zero-order chi connectivity index (χ0) is 15.5. The van der Waals surface area contributed by atoms with Crippen molar-refractivity contribution in [1.29, 1.82) is 0 Å². The minimum absolute atomic E-state index is 0.0622. The van der Waals surface area contributed by atoms with Gasteiger partial charge in [-0.25, -0.2) is 4.98 Å². The minimum atomic E-state index is -0.0622. The predicted molar refractivity (Wildman–Crippen MR) is 88.4 cm³/mol. The highest BCUT2D eigenvalue weighted by atomic mass is 32.1. The summed E-state index contributed by atoms with van der Waals surface area (Å²) in [6.07, 6.45) is 0. The summed E-state index contributed by atoms with van der Waals surface area (Å²) in [5, 5.41) is 1.89. The summed E-state index contributed by atoms with van der Waals surface area (Å²) in [6.45, 7) is 1.36. The summed E-state index contributed by atoms with van der Waals surface area (Å²) in [5.74, 6) is 1.53. The molecule has 0 unspecified atom stereocenters. The van der Waals surface area contributed by atoms with Crippen LogP contribution in [0.2, 0.25) is 0 Å². The van der Waals surface area contributed by atoms with Crippen LogP contribution in [-0.4, -0.2) is 29.0 Å². The zero-order valence-corrected chi connectivity index (χ0v) is 13.3. The van der Waals surface area contributed by atoms with Gasteiger partial charge in [0.15, 0.2) is 0 Å². The predicted octanol–water partition coefficient (Wildman–Crippen LogP) is 2.63. The standard InChI is InChI=1S/C16H17N3O2S/c1-19(9-11-3-5-12(21-2)6-4-11)10-14-17-13-7-8-22-15(13)16(20)18-14/h3-8H,9-10H2,1-2H3,(H,17,18,20). The lowest BCUT2D eigenvalue weighted by Gasteiger charge is -2.16. The van der Waals surface area contributed by atoms with Crippen LogP contribution < -0.4 is 10.3 Å². The van der Waals surface area contributed by atoms with Gasteiger partial charge < -0.3 is 9.72 Å². The molecule has 0 aliphatic carbocycles. The van der Waals surface area contributed by atoms with Gasteiger partial charge in [-0.15, -0.1) is 11.3 Å². The fraction of sp³-hybridized carbons (Fsp3) is 0.250. The molecule has 0 amide bonds. The monoisotopic (exact) mass is 315 g/mol. The molecule has 0 radical (unpaired) electrons. The van der Waals surface area contributed by atoms with Crippen molar-refractivity contribution in [3.8, 4) is 5.75 Å². The maximum absolute atomic E-state index is 12.0. The number of methoxy groups -OCH3 is 1. The van der Waals surface area contributed by atoms with Crippen molar-refractivity contribution in [2.45, 2.75) is 13.1 Å². The van der Waals surface area contributed by atoms with E-state index in [9.17, 15) is 4.79 Å². The molecule has 2 heterocycles. The highest BCUT2D eigenvalue weighted by Gasteiger charge is 2.08. The highest BCUT2D eigenvalue weighted by Crippen LogP contribution is 2.15. The molecule has 0 aliphatic rings. The number of nitrogens with one attached hydrogen (secondary N) is 1. The molecule has 0 fully saturated rings. The number of aromatic nitrogens is 2. The van der Waals surface area contributed by atoms with Crippen LogP contribution in [0.5, 0.6) is 5.75 Å². The fourth-order valence-corrected chi connectivity index (χ4v) is 3.08. The molecule has 3 rings (SSSR count). The van der Waals surface area contributed by atoms with Gasteiger partial charge in [0, 0.05) is 6.54 Å². The second-order valence-corrected chi connectivity index (χ2v) is 6.08. The van der Waals surface area contributed by atoms with Crippen LogP contribution in [-0.2, 0) is 13.1 Å². The van der Waals surface area contributed by atoms with E-state index in [0.29, 0.717) is 17.1 Å². The maximum atomic E-state index is 12.0. The maximum Gasteiger partial charge on any atom is 0.268 e. The van der Waals surface area contributed by atoms with Gasteiger partial charge in [0.25, 0.3) is 5.56 Å². The number of benzene rings is 1. The van der Waals surface area contributed by atoms with Crippen molar-refractivity contribution in [2.75, 3.05) is 14.2 Å². The van der Waals surface area contributed by atoms with Crippen LogP contribution in [0.1, 0.15) is 11.4 Å². The Morgan fingerprint density at radius 2 is 2.00 bits per heavy atom. The molecular formula is C16H17N3O2S. The number of aromatic amines is 1. The largest absolute Gasteiger partial charge is 0.497 e. The van der Waals surface area contributed by atoms with Gasteiger partial charge >= 0.3 is 0 Å². The average Bonchev–Trinajstić information content (AvgIpc) is 2.97. The molecule has 0 atom stereocenters. The Labute approximate surface area is 132 Å². The summed E-state index contributed by atoms with van der Waals surface area (Å²) in [7, 11) is 3.66. The molecule has 22 heavy (non-hydrogen) atoms. The van der Waals surface area contributed by atoms with E-state index >= 15 is 0 Å². The van der Waals surface area contributed by atoms with E-state index in [1.165, 1.54) is 16.9 Å². The SMILES string of the molecule is COc1ccc(CN(C)Cc2nc3ccsc3c(=O)[nH]2)cc1. The van der Waals surface area contributed by atoms with Gasteiger partial charge in [-0.3, -0.25) is 9.69 Å². The molecule has 0 saturated carbocycles. The van der Waals surface area contributed by atoms with Gasteiger partial charge in [-0.2, -0.15) is 0 Å². The zero-order valence-electron chi connectivity index (χ0n) is 12.5. The van der Waals surface area contributed by atoms with Crippen LogP contribution in [0, 0.1) is 0 Å². The quantitative estimate of drug-likeness (QED) is 0.786. The summed E-state index contributed by atoms with van der Waals surface area (Å²) in [5.41, 5.74) is 1.89. The number of thiophene rings is 1. The van der Waals surface area contributed by atoms with Crippen molar-refractivity contribution >= 4 is 21.6 Å². The molecule has 3 aromatic rings. The summed E-state index contributed by atoms with van der Waals surface area (Å²) < 4.78 is 5.84. The van der Waals surface area contributed by atoms with E-state index in [1.54, 1.807) is 7.11 Å². The Balaban J connectivity index is 1.71. The Morgan fingerprint density at radius 1 is 1.23 bits per heavy atom. The van der Waals surface area contributed by atoms with Gasteiger partial charge in [0.2, 0.25) is 0 Å². The summed E-state index contributed by atoms with van der Waals surface area (Å²) in [4.78, 5) is 21.4. The lowest BCUT2D eigenvalue weighted by atomic mass is 10.2. The number of hydrogen-bond acceptors (Lipinski definition) is 5. The summed E-state index contributed by atoms with van der Waals surface area (Å²) in [6, 6.07) is 9.84. The molecule has 0 aliphatic heterocycles. The first-order valence-corrected chi connectivity index (χ1v) is 7.81. The van der Waals surface area contributed by atoms with E-state index in [1.807, 2.05) is 42.8 Å². The Kier molecular flexibility index (Phi) is 4.22. The summed E-state index contributed by atoms with van der Waals surface area (Å²) >= 11 is 1.42. The molecule has 0 bridgehead atoms. The lowest BCUT2D eigenvalue weighted by Crippen LogP contribution is -2.21. The molecule has 0 spiro atoms. The second-order valence-electron chi connectivity index (χ2n) is 5.17. The second kappa shape index (κ2) is 6.29. The number of rotatable bonds is 5. The average molecular weight is 315 g/mol. The first-order valence-electron chi connectivity index (χ1n) is 6.93. The lowest BCUT2D eigenvalue weighted by molar-refractivity contribution is 0.310. The number of hydrogen-bond donors (Lipinski definition) is 1. The number of H-pyrrole nitrogens is 1. The number of ether oxygens (including phenoxy) is 1. The molecule has 6 heteroatoms. The van der Waals surface area contributed by atoms with E-state index in [-0.39, 0.29) is 5.56 Å². The van der Waals surface area contributed by atoms with Crippen molar-refractivity contribution < 1.29 is 4.74 Å². The topological polar surface area (TPSA) is 58.2 Å². The van der Waals surface area contributed by atoms with E-state index in [2.05, 4.69) is 14.9 Å². The smallest absolute Gasteiger partial charge is 0.268 e. The third-order valence-corrected chi connectivity index (χ3v) is 4.30.